The zero-order valence-corrected chi connectivity index (χ0v) is 12.3. The number of likely N-dealkylation sites (tertiary alicyclic amines) is 1. The summed E-state index contributed by atoms with van der Waals surface area (Å²) < 4.78 is 22.7. The van der Waals surface area contributed by atoms with E-state index in [4.69, 9.17) is 10.7 Å². The molecule has 1 amide bonds. The van der Waals surface area contributed by atoms with E-state index < -0.39 is 9.05 Å². The summed E-state index contributed by atoms with van der Waals surface area (Å²) >= 11 is 0. The molecule has 0 spiro atoms. The highest BCUT2D eigenvalue weighted by Gasteiger charge is 2.21. The Hall–Kier alpha value is -1.07. The number of rotatable bonds is 2. The summed E-state index contributed by atoms with van der Waals surface area (Å²) in [6.45, 7) is 3.26. The molecule has 1 aromatic rings. The number of benzene rings is 1. The number of amides is 1. The van der Waals surface area contributed by atoms with Crippen LogP contribution in [0.1, 0.15) is 35.2 Å². The molecule has 19 heavy (non-hydrogen) atoms. The molecule has 1 fully saturated rings. The minimum atomic E-state index is -3.80. The minimum absolute atomic E-state index is 0.0277. The Morgan fingerprint density at radius 1 is 1.21 bits per heavy atom. The third kappa shape index (κ3) is 3.28. The van der Waals surface area contributed by atoms with E-state index in [1.165, 1.54) is 12.1 Å². The Kier molecular flexibility index (Phi) is 4.16. The van der Waals surface area contributed by atoms with Gasteiger partial charge in [0.25, 0.3) is 15.0 Å². The summed E-state index contributed by atoms with van der Waals surface area (Å²) in [7, 11) is 1.52. The first kappa shape index (κ1) is 14.3. The lowest BCUT2D eigenvalue weighted by molar-refractivity contribution is 0.0723. The molecule has 0 atom stereocenters. The van der Waals surface area contributed by atoms with E-state index >= 15 is 0 Å². The van der Waals surface area contributed by atoms with Crippen LogP contribution >= 0.6 is 10.7 Å². The van der Waals surface area contributed by atoms with Crippen molar-refractivity contribution < 1.29 is 13.2 Å². The van der Waals surface area contributed by atoms with E-state index in [-0.39, 0.29) is 10.8 Å². The van der Waals surface area contributed by atoms with Crippen LogP contribution in [0.5, 0.6) is 0 Å². The van der Waals surface area contributed by atoms with E-state index in [1.54, 1.807) is 17.9 Å². The molecular weight excluding hydrogens is 286 g/mol. The second kappa shape index (κ2) is 5.51. The third-order valence-electron chi connectivity index (χ3n) is 3.36. The van der Waals surface area contributed by atoms with Crippen molar-refractivity contribution in [3.05, 3.63) is 29.3 Å². The molecular formula is C13H16ClNO3S. The normalized spacial score (nSPS) is 16.4. The number of aryl methyl sites for hydroxylation is 1. The van der Waals surface area contributed by atoms with Gasteiger partial charge in [0.05, 0.1) is 4.90 Å². The summed E-state index contributed by atoms with van der Waals surface area (Å²) in [5, 5.41) is 0. The molecule has 1 aliphatic heterocycles. The predicted molar refractivity (Wildman–Crippen MR) is 74.0 cm³/mol. The van der Waals surface area contributed by atoms with Crippen LogP contribution in [0, 0.1) is 6.92 Å². The molecule has 0 saturated carbocycles. The van der Waals surface area contributed by atoms with Gasteiger partial charge >= 0.3 is 0 Å². The molecule has 0 aromatic heterocycles. The van der Waals surface area contributed by atoms with Crippen LogP contribution in [0.3, 0.4) is 0 Å². The Morgan fingerprint density at radius 2 is 1.84 bits per heavy atom. The lowest BCUT2D eigenvalue weighted by Crippen LogP contribution is -2.36. The average Bonchev–Trinajstić information content (AvgIpc) is 2.38. The van der Waals surface area contributed by atoms with Crippen molar-refractivity contribution in [3.63, 3.8) is 0 Å². The van der Waals surface area contributed by atoms with E-state index in [0.29, 0.717) is 5.56 Å². The Morgan fingerprint density at radius 3 is 2.42 bits per heavy atom. The largest absolute Gasteiger partial charge is 0.339 e. The number of halogens is 1. The highest BCUT2D eigenvalue weighted by atomic mass is 35.7. The van der Waals surface area contributed by atoms with Crippen LogP contribution < -0.4 is 0 Å². The highest BCUT2D eigenvalue weighted by Crippen LogP contribution is 2.21. The van der Waals surface area contributed by atoms with Crippen molar-refractivity contribution in [2.24, 2.45) is 0 Å². The Balaban J connectivity index is 2.35. The fraction of sp³-hybridized carbons (Fsp3) is 0.462. The standard InChI is InChI=1S/C13H16ClNO3S/c1-10-5-6-11(19(14,17)18)9-12(10)13(16)15-7-3-2-4-8-15/h5-6,9H,2-4,7-8H2,1H3. The average molecular weight is 302 g/mol. The summed E-state index contributed by atoms with van der Waals surface area (Å²) in [4.78, 5) is 14.1. The molecule has 2 rings (SSSR count). The van der Waals surface area contributed by atoms with Crippen molar-refractivity contribution in [2.75, 3.05) is 13.1 Å². The third-order valence-corrected chi connectivity index (χ3v) is 4.72. The van der Waals surface area contributed by atoms with Crippen LogP contribution in [0.25, 0.3) is 0 Å². The second-order valence-electron chi connectivity index (χ2n) is 4.77. The lowest BCUT2D eigenvalue weighted by Gasteiger charge is -2.27. The van der Waals surface area contributed by atoms with Crippen molar-refractivity contribution in [1.29, 1.82) is 0 Å². The molecule has 1 heterocycles. The Labute approximate surface area is 117 Å². The van der Waals surface area contributed by atoms with Gasteiger partial charge in [0.2, 0.25) is 0 Å². The fourth-order valence-electron chi connectivity index (χ4n) is 2.25. The molecule has 0 unspecified atom stereocenters. The van der Waals surface area contributed by atoms with Gasteiger partial charge in [-0.25, -0.2) is 8.42 Å². The summed E-state index contributed by atoms with van der Waals surface area (Å²) in [5.41, 5.74) is 1.18. The summed E-state index contributed by atoms with van der Waals surface area (Å²) in [6, 6.07) is 4.41. The maximum Gasteiger partial charge on any atom is 0.261 e. The molecule has 0 radical (unpaired) electrons. The van der Waals surface area contributed by atoms with Gasteiger partial charge in [0, 0.05) is 29.3 Å². The maximum atomic E-state index is 12.4. The maximum absolute atomic E-state index is 12.4. The van der Waals surface area contributed by atoms with Crippen molar-refractivity contribution in [2.45, 2.75) is 31.1 Å². The van der Waals surface area contributed by atoms with E-state index in [1.807, 2.05) is 0 Å². The number of nitrogens with zero attached hydrogens (tertiary/aromatic N) is 1. The Bertz CT molecular complexity index is 592. The van der Waals surface area contributed by atoms with Crippen molar-refractivity contribution in [1.82, 2.24) is 4.90 Å². The van der Waals surface area contributed by atoms with Gasteiger partial charge in [-0.1, -0.05) is 6.07 Å². The van der Waals surface area contributed by atoms with Gasteiger partial charge in [0.15, 0.2) is 0 Å². The summed E-state index contributed by atoms with van der Waals surface area (Å²) in [6.07, 6.45) is 3.13. The van der Waals surface area contributed by atoms with Crippen LogP contribution in [-0.4, -0.2) is 32.3 Å². The van der Waals surface area contributed by atoms with Crippen molar-refractivity contribution >= 4 is 25.6 Å². The fourth-order valence-corrected chi connectivity index (χ4v) is 3.03. The van der Waals surface area contributed by atoms with Crippen LogP contribution in [0.15, 0.2) is 23.1 Å². The SMILES string of the molecule is Cc1ccc(S(=O)(=O)Cl)cc1C(=O)N1CCCCC1. The van der Waals surface area contributed by atoms with E-state index in [0.717, 1.165) is 37.9 Å². The first-order valence-electron chi connectivity index (χ1n) is 6.24. The summed E-state index contributed by atoms with van der Waals surface area (Å²) in [5.74, 6) is -0.112. The van der Waals surface area contributed by atoms with Gasteiger partial charge in [-0.15, -0.1) is 0 Å². The topological polar surface area (TPSA) is 54.5 Å². The monoisotopic (exact) mass is 301 g/mol. The lowest BCUT2D eigenvalue weighted by atomic mass is 10.1. The van der Waals surface area contributed by atoms with Gasteiger partial charge in [-0.3, -0.25) is 4.79 Å². The number of hydrogen-bond donors (Lipinski definition) is 0. The molecule has 1 aliphatic rings. The van der Waals surface area contributed by atoms with Crippen molar-refractivity contribution in [3.8, 4) is 0 Å². The smallest absolute Gasteiger partial charge is 0.261 e. The zero-order valence-electron chi connectivity index (χ0n) is 10.7. The molecule has 0 N–H and O–H groups in total. The number of piperidine rings is 1. The number of carbonyl (C=O) groups is 1. The number of hydrogen-bond acceptors (Lipinski definition) is 3. The highest BCUT2D eigenvalue weighted by molar-refractivity contribution is 8.13. The molecule has 1 aromatic carbocycles. The molecule has 104 valence electrons. The molecule has 4 nitrogen and oxygen atoms in total. The number of carbonyl (C=O) groups excluding carboxylic acids is 1. The van der Waals surface area contributed by atoms with Gasteiger partial charge in [0.1, 0.15) is 0 Å². The van der Waals surface area contributed by atoms with Crippen LogP contribution in [0.2, 0.25) is 0 Å². The quantitative estimate of drug-likeness (QED) is 0.789. The van der Waals surface area contributed by atoms with E-state index in [9.17, 15) is 13.2 Å². The minimum Gasteiger partial charge on any atom is -0.339 e. The zero-order chi connectivity index (χ0) is 14.0. The molecule has 0 bridgehead atoms. The molecule has 0 aliphatic carbocycles. The van der Waals surface area contributed by atoms with E-state index in [2.05, 4.69) is 0 Å². The van der Waals surface area contributed by atoms with Gasteiger partial charge in [-0.2, -0.15) is 0 Å². The van der Waals surface area contributed by atoms with Gasteiger partial charge < -0.3 is 4.90 Å². The predicted octanol–water partition coefficient (Wildman–Crippen LogP) is 2.55. The first-order chi connectivity index (χ1) is 8.89. The van der Waals surface area contributed by atoms with Gasteiger partial charge in [-0.05, 0) is 43.9 Å². The molecule has 1 saturated heterocycles. The van der Waals surface area contributed by atoms with Crippen LogP contribution in [-0.2, 0) is 9.05 Å². The second-order valence-corrected chi connectivity index (χ2v) is 7.33. The molecule has 6 heteroatoms. The van der Waals surface area contributed by atoms with Crippen LogP contribution in [0.4, 0.5) is 0 Å². The first-order valence-corrected chi connectivity index (χ1v) is 8.55.